The van der Waals surface area contributed by atoms with E-state index in [4.69, 9.17) is 4.74 Å². The first-order valence-corrected chi connectivity index (χ1v) is 8.15. The van der Waals surface area contributed by atoms with Crippen molar-refractivity contribution in [3.05, 3.63) is 17.0 Å². The summed E-state index contributed by atoms with van der Waals surface area (Å²) in [5.41, 5.74) is 0.921. The van der Waals surface area contributed by atoms with Crippen molar-refractivity contribution in [3.8, 4) is 0 Å². The lowest BCUT2D eigenvalue weighted by atomic mass is 10.3. The highest BCUT2D eigenvalue weighted by molar-refractivity contribution is 7.91. The maximum Gasteiger partial charge on any atom is 0.250 e. The van der Waals surface area contributed by atoms with Crippen LogP contribution in [0.1, 0.15) is 5.56 Å². The number of nitrogens with zero attached hydrogens (tertiary/aromatic N) is 1. The number of sulfonamides is 1. The summed E-state index contributed by atoms with van der Waals surface area (Å²) in [5.74, 6) is -0.0898. The second-order valence-electron chi connectivity index (χ2n) is 4.50. The van der Waals surface area contributed by atoms with Crippen molar-refractivity contribution in [1.82, 2.24) is 9.62 Å². The second kappa shape index (κ2) is 5.58. The average Bonchev–Trinajstić information content (AvgIpc) is 2.78. The van der Waals surface area contributed by atoms with Crippen LogP contribution in [0, 0.1) is 6.92 Å². The minimum absolute atomic E-state index is 0.000996. The van der Waals surface area contributed by atoms with Crippen molar-refractivity contribution in [2.75, 3.05) is 26.7 Å². The molecule has 1 saturated heterocycles. The van der Waals surface area contributed by atoms with Crippen molar-refractivity contribution in [3.63, 3.8) is 0 Å². The molecule has 1 N–H and O–H groups in total. The molecule has 1 aliphatic heterocycles. The number of rotatable bonds is 4. The van der Waals surface area contributed by atoms with Gasteiger partial charge in [-0.15, -0.1) is 11.3 Å². The molecule has 0 aromatic carbocycles. The van der Waals surface area contributed by atoms with E-state index in [0.29, 0.717) is 10.8 Å². The molecule has 19 heavy (non-hydrogen) atoms. The van der Waals surface area contributed by atoms with E-state index in [9.17, 15) is 13.2 Å². The molecular formula is C11H16N2O4S2. The lowest BCUT2D eigenvalue weighted by Gasteiger charge is -2.29. The predicted molar refractivity (Wildman–Crippen MR) is 71.6 cm³/mol. The molecule has 1 aromatic heterocycles. The minimum Gasteiger partial charge on any atom is -0.365 e. The van der Waals surface area contributed by atoms with E-state index in [1.807, 2.05) is 6.92 Å². The normalized spacial score (nSPS) is 20.8. The van der Waals surface area contributed by atoms with Gasteiger partial charge < -0.3 is 9.64 Å². The van der Waals surface area contributed by atoms with Crippen LogP contribution in [0.25, 0.3) is 0 Å². The monoisotopic (exact) mass is 304 g/mol. The highest BCUT2D eigenvalue weighted by Gasteiger charge is 2.25. The Hall–Kier alpha value is -0.960. The van der Waals surface area contributed by atoms with E-state index < -0.39 is 10.0 Å². The Morgan fingerprint density at radius 2 is 2.32 bits per heavy atom. The highest BCUT2D eigenvalue weighted by atomic mass is 32.2. The van der Waals surface area contributed by atoms with Gasteiger partial charge in [0.1, 0.15) is 10.8 Å². The molecule has 0 radical (unpaired) electrons. The van der Waals surface area contributed by atoms with E-state index in [1.54, 1.807) is 18.5 Å². The van der Waals surface area contributed by atoms with Crippen LogP contribution in [-0.4, -0.2) is 52.1 Å². The Balaban J connectivity index is 1.93. The number of ether oxygens (including phenoxy) is 1. The SMILES string of the molecule is Cc1csc(S(=O)(=O)NCC2CN(C)C(=O)CO2)c1. The average molecular weight is 304 g/mol. The third-order valence-corrected chi connectivity index (χ3v) is 5.80. The van der Waals surface area contributed by atoms with E-state index in [-0.39, 0.29) is 25.2 Å². The lowest BCUT2D eigenvalue weighted by Crippen LogP contribution is -2.48. The minimum atomic E-state index is -3.48. The van der Waals surface area contributed by atoms with Crippen LogP contribution in [-0.2, 0) is 19.6 Å². The van der Waals surface area contributed by atoms with E-state index >= 15 is 0 Å². The smallest absolute Gasteiger partial charge is 0.250 e. The molecule has 1 atom stereocenters. The summed E-state index contributed by atoms with van der Waals surface area (Å²) in [6.45, 7) is 2.41. The van der Waals surface area contributed by atoms with Gasteiger partial charge >= 0.3 is 0 Å². The fourth-order valence-corrected chi connectivity index (χ4v) is 4.04. The summed E-state index contributed by atoms with van der Waals surface area (Å²) in [6.07, 6.45) is -0.307. The Kier molecular flexibility index (Phi) is 4.24. The van der Waals surface area contributed by atoms with Crippen molar-refractivity contribution in [2.24, 2.45) is 0 Å². The van der Waals surface area contributed by atoms with Crippen molar-refractivity contribution >= 4 is 27.3 Å². The number of likely N-dealkylation sites (N-methyl/N-ethyl adjacent to an activating group) is 1. The molecule has 0 bridgehead atoms. The van der Waals surface area contributed by atoms with Crippen LogP contribution in [0.15, 0.2) is 15.7 Å². The van der Waals surface area contributed by atoms with Gasteiger partial charge in [0.15, 0.2) is 0 Å². The third-order valence-electron chi connectivity index (χ3n) is 2.82. The number of hydrogen-bond donors (Lipinski definition) is 1. The van der Waals surface area contributed by atoms with Crippen LogP contribution < -0.4 is 4.72 Å². The standard InChI is InChI=1S/C11H16N2O4S2/c1-8-3-11(18-7-8)19(15,16)12-4-9-5-13(2)10(14)6-17-9/h3,7,9,12H,4-6H2,1-2H3. The molecule has 1 unspecified atom stereocenters. The molecule has 2 rings (SSSR count). The molecule has 1 amide bonds. The van der Waals surface area contributed by atoms with Crippen molar-refractivity contribution in [1.29, 1.82) is 0 Å². The number of nitrogens with one attached hydrogen (secondary N) is 1. The number of aryl methyl sites for hydroxylation is 1. The van der Waals surface area contributed by atoms with Gasteiger partial charge in [-0.25, -0.2) is 13.1 Å². The van der Waals surface area contributed by atoms with Gasteiger partial charge in [-0.2, -0.15) is 0 Å². The van der Waals surface area contributed by atoms with Crippen LogP contribution in [0.5, 0.6) is 0 Å². The predicted octanol–water partition coefficient (Wildman–Crippen LogP) is 0.192. The molecule has 106 valence electrons. The second-order valence-corrected chi connectivity index (χ2v) is 7.41. The molecule has 8 heteroatoms. The molecule has 1 aromatic rings. The van der Waals surface area contributed by atoms with Gasteiger partial charge in [-0.3, -0.25) is 4.79 Å². The maximum absolute atomic E-state index is 12.0. The number of amides is 1. The Bertz CT molecular complexity index is 567. The van der Waals surface area contributed by atoms with Gasteiger partial charge in [0.25, 0.3) is 0 Å². The van der Waals surface area contributed by atoms with Gasteiger partial charge in [-0.1, -0.05) is 0 Å². The van der Waals surface area contributed by atoms with E-state index in [1.165, 1.54) is 16.2 Å². The summed E-state index contributed by atoms with van der Waals surface area (Å²) in [7, 11) is -1.81. The number of carbonyl (C=O) groups excluding carboxylic acids is 1. The van der Waals surface area contributed by atoms with E-state index in [2.05, 4.69) is 4.72 Å². The summed E-state index contributed by atoms with van der Waals surface area (Å²) < 4.78 is 32.1. The Morgan fingerprint density at radius 1 is 1.58 bits per heavy atom. The first-order chi connectivity index (χ1) is 8.88. The van der Waals surface area contributed by atoms with Crippen LogP contribution in [0.2, 0.25) is 0 Å². The summed E-state index contributed by atoms with van der Waals surface area (Å²) in [5, 5.41) is 1.79. The van der Waals surface area contributed by atoms with Gasteiger partial charge in [0.05, 0.1) is 6.10 Å². The number of hydrogen-bond acceptors (Lipinski definition) is 5. The molecule has 0 aliphatic carbocycles. The summed E-state index contributed by atoms with van der Waals surface area (Å²) in [6, 6.07) is 1.63. The molecule has 0 spiro atoms. The molecule has 2 heterocycles. The number of thiophene rings is 1. The highest BCUT2D eigenvalue weighted by Crippen LogP contribution is 2.19. The van der Waals surface area contributed by atoms with Crippen LogP contribution in [0.3, 0.4) is 0 Å². The number of morpholine rings is 1. The molecule has 1 fully saturated rings. The Morgan fingerprint density at radius 3 is 2.89 bits per heavy atom. The summed E-state index contributed by atoms with van der Waals surface area (Å²) >= 11 is 1.19. The fraction of sp³-hybridized carbons (Fsp3) is 0.545. The molecule has 0 saturated carbocycles. The third kappa shape index (κ3) is 3.53. The van der Waals surface area contributed by atoms with Crippen LogP contribution in [0.4, 0.5) is 0 Å². The van der Waals surface area contributed by atoms with E-state index in [0.717, 1.165) is 5.56 Å². The first kappa shape index (κ1) is 14.4. The molecular weight excluding hydrogens is 288 g/mol. The topological polar surface area (TPSA) is 75.7 Å². The Labute approximate surface area is 116 Å². The van der Waals surface area contributed by atoms with Gasteiger partial charge in [-0.05, 0) is 23.9 Å². The van der Waals surface area contributed by atoms with Gasteiger partial charge in [0.2, 0.25) is 15.9 Å². The molecule has 6 nitrogen and oxygen atoms in total. The zero-order chi connectivity index (χ0) is 14.0. The molecule has 1 aliphatic rings. The lowest BCUT2D eigenvalue weighted by molar-refractivity contribution is -0.146. The fourth-order valence-electron chi connectivity index (χ4n) is 1.70. The van der Waals surface area contributed by atoms with Crippen molar-refractivity contribution < 1.29 is 17.9 Å². The van der Waals surface area contributed by atoms with Crippen molar-refractivity contribution in [2.45, 2.75) is 17.2 Å². The largest absolute Gasteiger partial charge is 0.365 e. The first-order valence-electron chi connectivity index (χ1n) is 5.79. The number of carbonyl (C=O) groups is 1. The van der Waals surface area contributed by atoms with Gasteiger partial charge in [0, 0.05) is 20.1 Å². The quantitative estimate of drug-likeness (QED) is 0.862. The zero-order valence-corrected chi connectivity index (χ0v) is 12.4. The van der Waals surface area contributed by atoms with Crippen LogP contribution >= 0.6 is 11.3 Å². The maximum atomic E-state index is 12.0. The summed E-state index contributed by atoms with van der Waals surface area (Å²) in [4.78, 5) is 12.8. The zero-order valence-electron chi connectivity index (χ0n) is 10.8.